The van der Waals surface area contributed by atoms with Crippen molar-refractivity contribution in [3.05, 3.63) is 144 Å². The molecule has 4 aromatic rings. The molecule has 380 valence electrons. The molecular weight excluding hydrogens is 861 g/mol. The number of rotatable bonds is 34. The smallest absolute Gasteiger partial charge is 0.164 e. The molecule has 2 heterocycles. The molecule has 2 saturated heterocycles. The summed E-state index contributed by atoms with van der Waals surface area (Å²) in [6, 6.07) is 40.8. The van der Waals surface area contributed by atoms with Gasteiger partial charge in [0.15, 0.2) is 11.4 Å². The van der Waals surface area contributed by atoms with Gasteiger partial charge >= 0.3 is 0 Å². The van der Waals surface area contributed by atoms with Gasteiger partial charge in [-0.3, -0.25) is 0 Å². The second-order valence-electron chi connectivity index (χ2n) is 20.2. The Balaban J connectivity index is 1.21. The van der Waals surface area contributed by atoms with E-state index < -0.39 is 54.1 Å². The van der Waals surface area contributed by atoms with Gasteiger partial charge in [-0.15, -0.1) is 0 Å². The van der Waals surface area contributed by atoms with Crippen LogP contribution in [0.4, 0.5) is 0 Å². The van der Waals surface area contributed by atoms with E-state index in [1.54, 1.807) is 0 Å². The van der Waals surface area contributed by atoms with Gasteiger partial charge in [-0.1, -0.05) is 244 Å². The highest BCUT2D eigenvalue weighted by molar-refractivity contribution is 5.19. The summed E-state index contributed by atoms with van der Waals surface area (Å²) in [5.41, 5.74) is 2.84. The van der Waals surface area contributed by atoms with Crippen LogP contribution in [0.15, 0.2) is 121 Å². The lowest BCUT2D eigenvalue weighted by molar-refractivity contribution is -0.322. The Labute approximate surface area is 417 Å². The van der Waals surface area contributed by atoms with Crippen LogP contribution >= 0.6 is 0 Å². The van der Waals surface area contributed by atoms with Gasteiger partial charge in [-0.25, -0.2) is 0 Å². The Morgan fingerprint density at radius 2 is 0.884 bits per heavy atom. The van der Waals surface area contributed by atoms with Gasteiger partial charge in [0.05, 0.1) is 45.2 Å². The SMILES string of the molecule is CCCCCCCCCCCCCCCCCCC[C@H]1OC(C)(C)O[C@]1([C@H](O)CC)[C@@H]1O[C@H](COCc2ccccc2)[C@H](OCc2ccccc2)[C@H](OCc2ccccc2)[C@H]1OCc1ccccc1. The molecule has 0 aliphatic carbocycles. The Morgan fingerprint density at radius 1 is 0.493 bits per heavy atom. The van der Waals surface area contributed by atoms with Crippen LogP contribution < -0.4 is 0 Å². The van der Waals surface area contributed by atoms with Crippen molar-refractivity contribution in [3.8, 4) is 0 Å². The fourth-order valence-corrected chi connectivity index (χ4v) is 10.5. The summed E-state index contributed by atoms with van der Waals surface area (Å²) >= 11 is 0. The van der Waals surface area contributed by atoms with E-state index in [0.717, 1.165) is 35.1 Å². The number of hydrogen-bond acceptors (Lipinski definition) is 8. The van der Waals surface area contributed by atoms with E-state index in [9.17, 15) is 5.11 Å². The first kappa shape index (κ1) is 54.9. The summed E-state index contributed by atoms with van der Waals surface area (Å²) in [5.74, 6) is -0.997. The fourth-order valence-electron chi connectivity index (χ4n) is 10.5. The first-order valence-corrected chi connectivity index (χ1v) is 27.1. The molecule has 0 unspecified atom stereocenters. The zero-order valence-electron chi connectivity index (χ0n) is 42.9. The maximum Gasteiger partial charge on any atom is 0.164 e. The molecular formula is C61H88O8. The van der Waals surface area contributed by atoms with E-state index in [1.165, 1.54) is 96.3 Å². The third-order valence-corrected chi connectivity index (χ3v) is 14.2. The molecule has 0 amide bonds. The lowest BCUT2D eigenvalue weighted by atomic mass is 9.75. The minimum Gasteiger partial charge on any atom is -0.390 e. The second-order valence-corrected chi connectivity index (χ2v) is 20.2. The molecule has 69 heavy (non-hydrogen) atoms. The predicted octanol–water partition coefficient (Wildman–Crippen LogP) is 14.4. The van der Waals surface area contributed by atoms with E-state index in [1.807, 2.05) is 93.6 Å². The van der Waals surface area contributed by atoms with Gasteiger partial charge in [0.2, 0.25) is 0 Å². The standard InChI is InChI=1S/C61H88O8/c1-5-7-8-9-10-11-12-13-14-15-16-17-18-19-20-21-34-43-55-61(54(62)6-2,69-60(3,4)68-55)59-58(66-47-52-41-32-25-33-42-52)57(65-46-51-39-30-24-31-40-51)56(64-45-50-37-28-23-29-38-50)53(67-59)48-63-44-49-35-26-22-27-36-49/h22-33,35-42,53-59,62H,5-21,34,43-48H2,1-4H3/t53-,54-,55-,56+,57+,58-,59-,61+/m1/s1. The third kappa shape index (κ3) is 17.7. The fraction of sp³-hybridized carbons (Fsp3) is 0.607. The minimum absolute atomic E-state index is 0.216. The van der Waals surface area contributed by atoms with Crippen LogP contribution in [0.2, 0.25) is 0 Å². The summed E-state index contributed by atoms with van der Waals surface area (Å²) in [4.78, 5) is 0. The van der Waals surface area contributed by atoms with E-state index in [2.05, 4.69) is 55.5 Å². The van der Waals surface area contributed by atoms with Crippen molar-refractivity contribution in [2.45, 2.75) is 230 Å². The topological polar surface area (TPSA) is 84.8 Å². The molecule has 4 aromatic carbocycles. The Bertz CT molecular complexity index is 1900. The van der Waals surface area contributed by atoms with Crippen molar-refractivity contribution in [2.24, 2.45) is 0 Å². The largest absolute Gasteiger partial charge is 0.390 e. The van der Waals surface area contributed by atoms with E-state index >= 15 is 0 Å². The van der Waals surface area contributed by atoms with Crippen molar-refractivity contribution in [1.29, 1.82) is 0 Å². The summed E-state index contributed by atoms with van der Waals surface area (Å²) in [6.45, 7) is 9.77. The van der Waals surface area contributed by atoms with Crippen LogP contribution in [0, 0.1) is 0 Å². The summed E-state index contributed by atoms with van der Waals surface area (Å²) in [6.07, 6.45) is 18.6. The molecule has 0 radical (unpaired) electrons. The predicted molar refractivity (Wildman–Crippen MR) is 278 cm³/mol. The van der Waals surface area contributed by atoms with Gasteiger partial charge in [0.25, 0.3) is 0 Å². The van der Waals surface area contributed by atoms with Gasteiger partial charge in [-0.05, 0) is 48.9 Å². The van der Waals surface area contributed by atoms with Crippen molar-refractivity contribution in [1.82, 2.24) is 0 Å². The molecule has 6 rings (SSSR count). The molecule has 8 atom stereocenters. The number of hydrogen-bond donors (Lipinski definition) is 1. The van der Waals surface area contributed by atoms with Gasteiger partial charge < -0.3 is 38.3 Å². The van der Waals surface area contributed by atoms with E-state index in [0.29, 0.717) is 39.3 Å². The molecule has 2 fully saturated rings. The molecule has 0 saturated carbocycles. The van der Waals surface area contributed by atoms with Crippen LogP contribution in [0.5, 0.6) is 0 Å². The normalized spacial score (nSPS) is 23.8. The summed E-state index contributed by atoms with van der Waals surface area (Å²) in [5, 5.41) is 12.6. The highest BCUT2D eigenvalue weighted by Crippen LogP contribution is 2.49. The Morgan fingerprint density at radius 3 is 1.32 bits per heavy atom. The number of ether oxygens (including phenoxy) is 7. The summed E-state index contributed by atoms with van der Waals surface area (Å²) < 4.78 is 49.4. The highest BCUT2D eigenvalue weighted by atomic mass is 16.8. The monoisotopic (exact) mass is 949 g/mol. The Hall–Kier alpha value is -3.44. The first-order valence-electron chi connectivity index (χ1n) is 27.1. The van der Waals surface area contributed by atoms with Crippen molar-refractivity contribution in [3.63, 3.8) is 0 Å². The third-order valence-electron chi connectivity index (χ3n) is 14.2. The molecule has 8 nitrogen and oxygen atoms in total. The quantitative estimate of drug-likeness (QED) is 0.0464. The molecule has 8 heteroatoms. The average molecular weight is 949 g/mol. The maximum absolute atomic E-state index is 12.6. The zero-order valence-corrected chi connectivity index (χ0v) is 42.9. The van der Waals surface area contributed by atoms with Crippen molar-refractivity contribution >= 4 is 0 Å². The van der Waals surface area contributed by atoms with Crippen molar-refractivity contribution < 1.29 is 38.3 Å². The first-order chi connectivity index (χ1) is 33.8. The lowest BCUT2D eigenvalue weighted by Crippen LogP contribution is -2.72. The molecule has 0 bridgehead atoms. The highest BCUT2D eigenvalue weighted by Gasteiger charge is 2.67. The van der Waals surface area contributed by atoms with Crippen LogP contribution in [0.25, 0.3) is 0 Å². The van der Waals surface area contributed by atoms with Gasteiger partial charge in [0.1, 0.15) is 30.5 Å². The Kier molecular flexibility index (Phi) is 24.2. The summed E-state index contributed by atoms with van der Waals surface area (Å²) in [7, 11) is 0. The second kappa shape index (κ2) is 30.4. The molecule has 0 aromatic heterocycles. The molecule has 1 N–H and O–H groups in total. The minimum atomic E-state index is -1.30. The number of aliphatic hydroxyl groups is 1. The molecule has 2 aliphatic rings. The zero-order chi connectivity index (χ0) is 48.4. The van der Waals surface area contributed by atoms with Crippen LogP contribution in [0.3, 0.4) is 0 Å². The van der Waals surface area contributed by atoms with Gasteiger partial charge in [-0.2, -0.15) is 0 Å². The lowest BCUT2D eigenvalue weighted by Gasteiger charge is -2.53. The molecule has 0 spiro atoms. The molecule has 2 aliphatic heterocycles. The number of aliphatic hydroxyl groups excluding tert-OH is 1. The average Bonchev–Trinajstić information content (AvgIpc) is 3.66. The number of unbranched alkanes of at least 4 members (excludes halogenated alkanes) is 16. The van der Waals surface area contributed by atoms with E-state index in [-0.39, 0.29) is 6.61 Å². The van der Waals surface area contributed by atoms with E-state index in [4.69, 9.17) is 33.2 Å². The van der Waals surface area contributed by atoms with Crippen LogP contribution in [-0.4, -0.2) is 65.8 Å². The maximum atomic E-state index is 12.6. The van der Waals surface area contributed by atoms with Crippen molar-refractivity contribution in [2.75, 3.05) is 6.61 Å². The number of benzene rings is 4. The van der Waals surface area contributed by atoms with Crippen LogP contribution in [-0.2, 0) is 59.6 Å². The van der Waals surface area contributed by atoms with Gasteiger partial charge in [0, 0.05) is 0 Å². The van der Waals surface area contributed by atoms with Crippen LogP contribution in [0.1, 0.15) is 172 Å².